The van der Waals surface area contributed by atoms with Crippen molar-refractivity contribution >= 4 is 0 Å². The maximum Gasteiger partial charge on any atom is 0.0651 e. The molecule has 0 saturated carbocycles. The molecule has 2 unspecified atom stereocenters. The zero-order valence-corrected chi connectivity index (χ0v) is 8.74. The lowest BCUT2D eigenvalue weighted by Gasteiger charge is -2.25. The van der Waals surface area contributed by atoms with E-state index < -0.39 is 0 Å². The zero-order valence-electron chi connectivity index (χ0n) is 8.74. The van der Waals surface area contributed by atoms with Gasteiger partial charge < -0.3 is 10.7 Å². The van der Waals surface area contributed by atoms with Gasteiger partial charge >= 0.3 is 0 Å². The summed E-state index contributed by atoms with van der Waals surface area (Å²) in [7, 11) is 0. The highest BCUT2D eigenvalue weighted by Gasteiger charge is 2.32. The molecule has 2 atom stereocenters. The monoisotopic (exact) mass is 193 g/mol. The summed E-state index contributed by atoms with van der Waals surface area (Å²) in [4.78, 5) is 5.76. The van der Waals surface area contributed by atoms with E-state index in [-0.39, 0.29) is 0 Å². The first-order valence-corrected chi connectivity index (χ1v) is 5.46. The van der Waals surface area contributed by atoms with E-state index in [1.807, 2.05) is 12.3 Å². The van der Waals surface area contributed by atoms with Crippen molar-refractivity contribution in [3.8, 4) is 0 Å². The van der Waals surface area contributed by atoms with Gasteiger partial charge in [0.2, 0.25) is 0 Å². The molecule has 0 aliphatic carbocycles. The molecule has 3 nitrogen and oxygen atoms in total. The first-order chi connectivity index (χ1) is 6.83. The molecule has 2 rings (SSSR count). The summed E-state index contributed by atoms with van der Waals surface area (Å²) in [5.74, 6) is 0. The Bertz CT molecular complexity index is 266. The van der Waals surface area contributed by atoms with Crippen molar-refractivity contribution in [2.45, 2.75) is 31.8 Å². The van der Waals surface area contributed by atoms with Gasteiger partial charge in [-0.05, 0) is 31.5 Å². The zero-order chi connectivity index (χ0) is 9.97. The Balaban J connectivity index is 2.13. The predicted molar refractivity (Wildman–Crippen MR) is 58.0 cm³/mol. The molecule has 78 valence electrons. The van der Waals surface area contributed by atoms with Crippen molar-refractivity contribution in [1.82, 2.24) is 9.88 Å². The van der Waals surface area contributed by atoms with Gasteiger partial charge in [0.15, 0.2) is 0 Å². The molecular formula is C11H19N3. The Kier molecular flexibility index (Phi) is 2.89. The molecule has 1 saturated heterocycles. The van der Waals surface area contributed by atoms with Gasteiger partial charge in [0.25, 0.3) is 0 Å². The van der Waals surface area contributed by atoms with Crippen LogP contribution in [0.25, 0.3) is 0 Å². The number of nitrogens with two attached hydrogens (primary N) is 1. The minimum absolute atomic E-state index is 0.292. The fourth-order valence-corrected chi connectivity index (χ4v) is 2.38. The standard InChI is InChI=1S/C11H19N3/c1-2-7-14-8-5-9(12)11(14)10-4-3-6-13-10/h3-4,6,9,11,13H,2,5,7-8,12H2,1H3. The topological polar surface area (TPSA) is 45.0 Å². The number of aromatic nitrogens is 1. The second-order valence-electron chi connectivity index (χ2n) is 4.06. The van der Waals surface area contributed by atoms with Gasteiger partial charge in [0.1, 0.15) is 0 Å². The molecule has 1 aromatic heterocycles. The number of nitrogens with zero attached hydrogens (tertiary/aromatic N) is 1. The van der Waals surface area contributed by atoms with Crippen LogP contribution < -0.4 is 5.73 Å². The highest BCUT2D eigenvalue weighted by atomic mass is 15.2. The molecule has 1 aliphatic rings. The third kappa shape index (κ3) is 1.70. The Morgan fingerprint density at radius 3 is 3.14 bits per heavy atom. The van der Waals surface area contributed by atoms with Crippen LogP contribution in [0.3, 0.4) is 0 Å². The van der Waals surface area contributed by atoms with E-state index >= 15 is 0 Å². The minimum atomic E-state index is 0.292. The van der Waals surface area contributed by atoms with Crippen LogP contribution in [0.5, 0.6) is 0 Å². The molecular weight excluding hydrogens is 174 g/mol. The molecule has 1 aromatic rings. The largest absolute Gasteiger partial charge is 0.364 e. The molecule has 0 bridgehead atoms. The summed E-state index contributed by atoms with van der Waals surface area (Å²) in [5.41, 5.74) is 7.40. The molecule has 1 fully saturated rings. The van der Waals surface area contributed by atoms with Crippen molar-refractivity contribution in [3.05, 3.63) is 24.0 Å². The van der Waals surface area contributed by atoms with Gasteiger partial charge in [0, 0.05) is 24.5 Å². The van der Waals surface area contributed by atoms with E-state index in [4.69, 9.17) is 5.73 Å². The molecule has 0 radical (unpaired) electrons. The summed E-state index contributed by atoms with van der Waals surface area (Å²) in [6.07, 6.45) is 4.29. The van der Waals surface area contributed by atoms with Gasteiger partial charge in [-0.15, -0.1) is 0 Å². The average Bonchev–Trinajstić information content (AvgIpc) is 2.76. The number of rotatable bonds is 3. The van der Waals surface area contributed by atoms with Crippen molar-refractivity contribution in [2.24, 2.45) is 5.73 Å². The van der Waals surface area contributed by atoms with Crippen LogP contribution in [0.15, 0.2) is 18.3 Å². The summed E-state index contributed by atoms with van der Waals surface area (Å²) in [5, 5.41) is 0. The van der Waals surface area contributed by atoms with Gasteiger partial charge in [-0.1, -0.05) is 6.92 Å². The maximum absolute atomic E-state index is 6.13. The third-order valence-electron chi connectivity index (χ3n) is 3.00. The van der Waals surface area contributed by atoms with E-state index in [0.717, 1.165) is 19.5 Å². The maximum atomic E-state index is 6.13. The third-order valence-corrected chi connectivity index (χ3v) is 3.00. The van der Waals surface area contributed by atoms with E-state index in [1.165, 1.54) is 12.1 Å². The average molecular weight is 193 g/mol. The number of H-pyrrole nitrogens is 1. The van der Waals surface area contributed by atoms with Crippen LogP contribution in [0, 0.1) is 0 Å². The van der Waals surface area contributed by atoms with Crippen molar-refractivity contribution in [2.75, 3.05) is 13.1 Å². The number of hydrogen-bond acceptors (Lipinski definition) is 2. The van der Waals surface area contributed by atoms with Crippen molar-refractivity contribution in [3.63, 3.8) is 0 Å². The van der Waals surface area contributed by atoms with E-state index in [9.17, 15) is 0 Å². The SMILES string of the molecule is CCCN1CCC(N)C1c1ccc[nH]1. The molecule has 3 heteroatoms. The molecule has 3 N–H and O–H groups in total. The van der Waals surface area contributed by atoms with Crippen LogP contribution in [0.4, 0.5) is 0 Å². The van der Waals surface area contributed by atoms with Crippen molar-refractivity contribution < 1.29 is 0 Å². The van der Waals surface area contributed by atoms with Crippen LogP contribution in [0.1, 0.15) is 31.5 Å². The molecule has 0 amide bonds. The number of nitrogens with one attached hydrogen (secondary N) is 1. The van der Waals surface area contributed by atoms with Crippen LogP contribution in [-0.2, 0) is 0 Å². The Morgan fingerprint density at radius 1 is 1.64 bits per heavy atom. The van der Waals surface area contributed by atoms with Gasteiger partial charge in [0.05, 0.1) is 6.04 Å². The van der Waals surface area contributed by atoms with E-state index in [1.54, 1.807) is 0 Å². The second-order valence-corrected chi connectivity index (χ2v) is 4.06. The Labute approximate surface area is 85.3 Å². The lowest BCUT2D eigenvalue weighted by atomic mass is 10.1. The highest BCUT2D eigenvalue weighted by molar-refractivity contribution is 5.14. The van der Waals surface area contributed by atoms with Gasteiger partial charge in [-0.2, -0.15) is 0 Å². The fourth-order valence-electron chi connectivity index (χ4n) is 2.38. The molecule has 14 heavy (non-hydrogen) atoms. The van der Waals surface area contributed by atoms with Gasteiger partial charge in [-0.3, -0.25) is 4.90 Å². The van der Waals surface area contributed by atoms with Crippen LogP contribution in [0.2, 0.25) is 0 Å². The summed E-state index contributed by atoms with van der Waals surface area (Å²) < 4.78 is 0. The van der Waals surface area contributed by atoms with Gasteiger partial charge in [-0.25, -0.2) is 0 Å². The lowest BCUT2D eigenvalue weighted by Crippen LogP contribution is -2.32. The van der Waals surface area contributed by atoms with E-state index in [2.05, 4.69) is 22.9 Å². The number of likely N-dealkylation sites (tertiary alicyclic amines) is 1. The normalized spacial score (nSPS) is 28.4. The lowest BCUT2D eigenvalue weighted by molar-refractivity contribution is 0.244. The summed E-state index contributed by atoms with van der Waals surface area (Å²) in [6, 6.07) is 4.88. The fraction of sp³-hybridized carbons (Fsp3) is 0.636. The van der Waals surface area contributed by atoms with Crippen LogP contribution >= 0.6 is 0 Å². The Morgan fingerprint density at radius 2 is 2.50 bits per heavy atom. The number of hydrogen-bond donors (Lipinski definition) is 2. The summed E-state index contributed by atoms with van der Waals surface area (Å²) in [6.45, 7) is 4.51. The van der Waals surface area contributed by atoms with Crippen molar-refractivity contribution in [1.29, 1.82) is 0 Å². The smallest absolute Gasteiger partial charge is 0.0651 e. The quantitative estimate of drug-likeness (QED) is 0.764. The molecule has 2 heterocycles. The summed E-state index contributed by atoms with van der Waals surface area (Å²) >= 11 is 0. The predicted octanol–water partition coefficient (Wildman–Crippen LogP) is 1.50. The first-order valence-electron chi connectivity index (χ1n) is 5.46. The number of aromatic amines is 1. The molecule has 0 spiro atoms. The highest BCUT2D eigenvalue weighted by Crippen LogP contribution is 2.29. The molecule has 0 aromatic carbocycles. The van der Waals surface area contributed by atoms with Crippen LogP contribution in [-0.4, -0.2) is 29.0 Å². The van der Waals surface area contributed by atoms with E-state index in [0.29, 0.717) is 12.1 Å². The first kappa shape index (κ1) is 9.74. The molecule has 1 aliphatic heterocycles. The minimum Gasteiger partial charge on any atom is -0.364 e. The second kappa shape index (κ2) is 4.15. The Hall–Kier alpha value is -0.800.